The number of hydrogen-bond acceptors (Lipinski definition) is 5. The number of anilines is 1. The third-order valence-corrected chi connectivity index (χ3v) is 7.61. The molecule has 3 aromatic rings. The number of nitrogens with zero attached hydrogens (tertiary/aromatic N) is 4. The Bertz CT molecular complexity index is 1140. The third-order valence-electron chi connectivity index (χ3n) is 4.77. The summed E-state index contributed by atoms with van der Waals surface area (Å²) in [6, 6.07) is 11.9. The molecule has 0 spiro atoms. The largest absolute Gasteiger partial charge is 0.465 e. The van der Waals surface area contributed by atoms with E-state index in [-0.39, 0.29) is 4.90 Å². The number of carboxylic acid groups (broad SMARTS) is 1. The van der Waals surface area contributed by atoms with Gasteiger partial charge >= 0.3 is 6.09 Å². The molecule has 0 bridgehead atoms. The Labute approximate surface area is 175 Å². The van der Waals surface area contributed by atoms with Crippen molar-refractivity contribution in [1.29, 1.82) is 0 Å². The second-order valence-corrected chi connectivity index (χ2v) is 9.27. The Kier molecular flexibility index (Phi) is 4.91. The number of hydrogen-bond donors (Lipinski definition) is 1. The lowest BCUT2D eigenvalue weighted by Crippen LogP contribution is -2.48. The zero-order valence-electron chi connectivity index (χ0n) is 14.7. The highest BCUT2D eigenvalue weighted by Crippen LogP contribution is 2.32. The summed E-state index contributed by atoms with van der Waals surface area (Å²) in [5.74, 6) is 0. The lowest BCUT2D eigenvalue weighted by molar-refractivity contribution is 0.142. The molecule has 0 saturated carbocycles. The summed E-state index contributed by atoms with van der Waals surface area (Å²) in [7, 11) is -3.78. The summed E-state index contributed by atoms with van der Waals surface area (Å²) in [5.41, 5.74) is 1.22. The molecule has 0 radical (unpaired) electrons. The maximum absolute atomic E-state index is 13.2. The van der Waals surface area contributed by atoms with E-state index in [1.54, 1.807) is 36.5 Å². The molecule has 1 N–H and O–H groups in total. The molecule has 146 valence electrons. The molecular weight excluding hydrogens is 495 g/mol. The van der Waals surface area contributed by atoms with Gasteiger partial charge in [-0.3, -0.25) is 0 Å². The number of aromatic nitrogens is 2. The van der Waals surface area contributed by atoms with Crippen molar-refractivity contribution in [3.63, 3.8) is 0 Å². The summed E-state index contributed by atoms with van der Waals surface area (Å²) < 4.78 is 28.1. The van der Waals surface area contributed by atoms with Crippen LogP contribution in [0.25, 0.3) is 11.0 Å². The van der Waals surface area contributed by atoms with E-state index in [0.717, 1.165) is 11.1 Å². The van der Waals surface area contributed by atoms with E-state index in [9.17, 15) is 13.2 Å². The van der Waals surface area contributed by atoms with E-state index in [4.69, 9.17) is 5.11 Å². The highest BCUT2D eigenvalue weighted by molar-refractivity contribution is 14.1. The van der Waals surface area contributed by atoms with Crippen LogP contribution in [-0.2, 0) is 10.0 Å². The second kappa shape index (κ2) is 7.24. The number of halogens is 1. The van der Waals surface area contributed by atoms with Crippen LogP contribution in [0.1, 0.15) is 0 Å². The molecule has 1 amide bonds. The summed E-state index contributed by atoms with van der Waals surface area (Å²) in [6.07, 6.45) is 0.670. The van der Waals surface area contributed by atoms with Gasteiger partial charge < -0.3 is 14.9 Å². The lowest BCUT2D eigenvalue weighted by Gasteiger charge is -2.34. The number of pyridine rings is 1. The number of benzene rings is 1. The van der Waals surface area contributed by atoms with Gasteiger partial charge in [-0.2, -0.15) is 0 Å². The van der Waals surface area contributed by atoms with Gasteiger partial charge in [-0.05, 0) is 46.9 Å². The van der Waals surface area contributed by atoms with E-state index < -0.39 is 16.1 Å². The SMILES string of the molecule is O=C(O)N1CCN(c2ccnc3c2cc(I)n3S(=O)(=O)c2ccccc2)CC1. The maximum atomic E-state index is 13.2. The van der Waals surface area contributed by atoms with Crippen molar-refractivity contribution >= 4 is 55.4 Å². The Morgan fingerprint density at radius 1 is 1.07 bits per heavy atom. The van der Waals surface area contributed by atoms with Crippen LogP contribution in [-0.4, -0.2) is 59.7 Å². The summed E-state index contributed by atoms with van der Waals surface area (Å²) in [6.45, 7) is 1.88. The van der Waals surface area contributed by atoms with Gasteiger partial charge in [0.1, 0.15) is 0 Å². The highest BCUT2D eigenvalue weighted by atomic mass is 127. The van der Waals surface area contributed by atoms with Crippen molar-refractivity contribution in [2.24, 2.45) is 0 Å². The fraction of sp³-hybridized carbons (Fsp3) is 0.222. The fourth-order valence-corrected chi connectivity index (χ4v) is 6.06. The van der Waals surface area contributed by atoms with Crippen molar-refractivity contribution in [3.05, 3.63) is 52.4 Å². The first-order chi connectivity index (χ1) is 13.4. The zero-order chi connectivity index (χ0) is 19.9. The van der Waals surface area contributed by atoms with Gasteiger partial charge in [-0.25, -0.2) is 22.2 Å². The molecule has 0 atom stereocenters. The quantitative estimate of drug-likeness (QED) is 0.543. The first-order valence-corrected chi connectivity index (χ1v) is 11.1. The molecule has 28 heavy (non-hydrogen) atoms. The third kappa shape index (κ3) is 3.20. The Morgan fingerprint density at radius 2 is 1.75 bits per heavy atom. The Balaban J connectivity index is 1.78. The minimum Gasteiger partial charge on any atom is -0.465 e. The van der Waals surface area contributed by atoms with Crippen LogP contribution in [0.4, 0.5) is 10.5 Å². The first kappa shape index (κ1) is 19.0. The van der Waals surface area contributed by atoms with Gasteiger partial charge in [0.15, 0.2) is 5.65 Å². The van der Waals surface area contributed by atoms with Crippen molar-refractivity contribution in [3.8, 4) is 0 Å². The van der Waals surface area contributed by atoms with Gasteiger partial charge in [-0.1, -0.05) is 18.2 Å². The molecule has 3 heterocycles. The van der Waals surface area contributed by atoms with E-state index in [1.165, 1.54) is 8.87 Å². The van der Waals surface area contributed by atoms with Gasteiger partial charge in [0.25, 0.3) is 10.0 Å². The molecular formula is C18H17IN4O4S. The van der Waals surface area contributed by atoms with Crippen LogP contribution in [0.2, 0.25) is 0 Å². The summed E-state index contributed by atoms with van der Waals surface area (Å²) in [4.78, 5) is 19.1. The fourth-order valence-electron chi connectivity index (χ4n) is 3.37. The molecule has 1 aromatic carbocycles. The normalized spacial score (nSPS) is 15.2. The molecule has 1 fully saturated rings. The average Bonchev–Trinajstić information content (AvgIpc) is 3.05. The first-order valence-electron chi connectivity index (χ1n) is 8.59. The summed E-state index contributed by atoms with van der Waals surface area (Å²) in [5, 5.41) is 9.86. The van der Waals surface area contributed by atoms with Crippen molar-refractivity contribution in [2.45, 2.75) is 4.90 Å². The van der Waals surface area contributed by atoms with Crippen LogP contribution < -0.4 is 4.90 Å². The van der Waals surface area contributed by atoms with E-state index in [1.807, 2.05) is 34.7 Å². The van der Waals surface area contributed by atoms with Gasteiger partial charge in [-0.15, -0.1) is 0 Å². The van der Waals surface area contributed by atoms with Crippen LogP contribution in [0.3, 0.4) is 0 Å². The second-order valence-electron chi connectivity index (χ2n) is 6.37. The van der Waals surface area contributed by atoms with Crippen LogP contribution in [0.5, 0.6) is 0 Å². The minimum absolute atomic E-state index is 0.202. The average molecular weight is 512 g/mol. The highest BCUT2D eigenvalue weighted by Gasteiger charge is 2.26. The molecule has 1 saturated heterocycles. The Morgan fingerprint density at radius 3 is 2.39 bits per heavy atom. The van der Waals surface area contributed by atoms with Gasteiger partial charge in [0.2, 0.25) is 0 Å². The standard InChI is InChI=1S/C18H17IN4O4S/c19-16-12-14-15(21-8-10-22(11-9-21)18(24)25)6-7-20-17(14)23(16)28(26,27)13-4-2-1-3-5-13/h1-7,12H,8-11H2,(H,24,25). The molecule has 0 unspecified atom stereocenters. The number of fused-ring (bicyclic) bond motifs is 1. The predicted molar refractivity (Wildman–Crippen MR) is 113 cm³/mol. The van der Waals surface area contributed by atoms with Gasteiger partial charge in [0.05, 0.1) is 8.60 Å². The smallest absolute Gasteiger partial charge is 0.407 e. The molecule has 1 aliphatic heterocycles. The van der Waals surface area contributed by atoms with Crippen LogP contribution in [0, 0.1) is 3.70 Å². The molecule has 10 heteroatoms. The Hall–Kier alpha value is -2.34. The van der Waals surface area contributed by atoms with Crippen molar-refractivity contribution < 1.29 is 18.3 Å². The minimum atomic E-state index is -3.78. The molecule has 4 rings (SSSR count). The number of carbonyl (C=O) groups is 1. The maximum Gasteiger partial charge on any atom is 0.407 e. The topological polar surface area (TPSA) is 95.7 Å². The lowest BCUT2D eigenvalue weighted by atomic mass is 10.2. The molecule has 2 aromatic heterocycles. The molecule has 1 aliphatic rings. The van der Waals surface area contributed by atoms with Crippen LogP contribution in [0.15, 0.2) is 53.6 Å². The number of piperazine rings is 1. The molecule has 8 nitrogen and oxygen atoms in total. The van der Waals surface area contributed by atoms with E-state index in [2.05, 4.69) is 9.88 Å². The van der Waals surface area contributed by atoms with E-state index >= 15 is 0 Å². The molecule has 0 aliphatic carbocycles. The van der Waals surface area contributed by atoms with Crippen molar-refractivity contribution in [1.82, 2.24) is 13.9 Å². The number of rotatable bonds is 3. The van der Waals surface area contributed by atoms with Gasteiger partial charge in [0, 0.05) is 43.4 Å². The monoisotopic (exact) mass is 512 g/mol. The van der Waals surface area contributed by atoms with Crippen molar-refractivity contribution in [2.75, 3.05) is 31.1 Å². The van der Waals surface area contributed by atoms with Crippen LogP contribution >= 0.6 is 22.6 Å². The van der Waals surface area contributed by atoms with E-state index in [0.29, 0.717) is 35.5 Å². The zero-order valence-corrected chi connectivity index (χ0v) is 17.7. The predicted octanol–water partition coefficient (Wildman–Crippen LogP) is 2.68. The number of amides is 1. The summed E-state index contributed by atoms with van der Waals surface area (Å²) >= 11 is 2.00.